The molecule has 93 heavy (non-hydrogen) atoms. The molecule has 0 radical (unpaired) electrons. The van der Waals surface area contributed by atoms with Crippen LogP contribution in [0.1, 0.15) is 83.6 Å². The quantitative estimate of drug-likeness (QED) is 0.0193. The molecule has 0 atom stereocenters. The average Bonchev–Trinajstić information content (AvgIpc) is 0.979. The van der Waals surface area contributed by atoms with Crippen LogP contribution in [0.4, 0.5) is 24.5 Å². The fourth-order valence-electron chi connectivity index (χ4n) is 6.01. The summed E-state index contributed by atoms with van der Waals surface area (Å²) in [6, 6.07) is 12.8. The number of aromatic hydroxyl groups is 14. The average molecular weight is 1460 g/mol. The van der Waals surface area contributed by atoms with Gasteiger partial charge >= 0.3 is 17.6 Å². The number of benzene rings is 7. The first-order valence-electron chi connectivity index (χ1n) is 22.9. The van der Waals surface area contributed by atoms with Crippen molar-refractivity contribution in [3.63, 3.8) is 0 Å². The summed E-state index contributed by atoms with van der Waals surface area (Å²) in [5, 5.41) is 155. The Balaban J connectivity index is 0.000000543. The Hall–Kier alpha value is -11.6. The lowest BCUT2D eigenvalue weighted by atomic mass is 10.1. The monoisotopic (exact) mass is 1450 g/mol. The molecular formula is C52H37BrCl2F3N3O30S2. The van der Waals surface area contributed by atoms with Crippen molar-refractivity contribution in [3.8, 4) is 86.6 Å². The van der Waals surface area contributed by atoms with E-state index in [-0.39, 0.29) is 77.9 Å². The molecule has 7 rings (SSSR count). The summed E-state index contributed by atoms with van der Waals surface area (Å²) < 4.78 is 88.5. The summed E-state index contributed by atoms with van der Waals surface area (Å²) >= 11 is 13.7. The normalized spacial score (nSPS) is 10.3. The summed E-state index contributed by atoms with van der Waals surface area (Å²) in [5.74, 6) is -10.6. The molecule has 41 heteroatoms. The third-order valence-corrected chi connectivity index (χ3v) is 13.9. The van der Waals surface area contributed by atoms with Crippen LogP contribution in [0.25, 0.3) is 0 Å². The first-order chi connectivity index (χ1) is 42.9. The van der Waals surface area contributed by atoms with E-state index in [9.17, 15) is 94.0 Å². The third kappa shape index (κ3) is 21.6. The van der Waals surface area contributed by atoms with Gasteiger partial charge in [-0.2, -0.15) is 26.9 Å². The lowest BCUT2D eigenvalue weighted by Crippen LogP contribution is -2.06. The van der Waals surface area contributed by atoms with Crippen molar-refractivity contribution in [3.05, 3.63) is 158 Å². The molecule has 0 aliphatic heterocycles. The fraction of sp³-hybridized carbons (Fsp3) is 0.0385. The number of phenols is 14. The highest BCUT2D eigenvalue weighted by molar-refractivity contribution is 9.10. The van der Waals surface area contributed by atoms with Crippen LogP contribution >= 0.6 is 39.1 Å². The standard InChI is InChI=1S/C8H5F3O3.C8H5NO3.C8H8O5S.C7H4BrNO5.C7H4Cl2O3.C7H5NO5.C7H6O6S/c9-8(10,11)5-1-4(3-12)2-6(13)7(5)14;9-3-6-1-5(4-10)2-7(11)8(6)12;1-14(12,13)7-3-5(4-9)2-6(10)8(7)11;8-5-3(2-10)1-4(9(13)14)6(11)7(5)12;8-4-1-3(2-10)5(9)7(12)6(4)11;9-3-4-1-2-5(10)7(11)6(4)8(12)13;8-3-4-1-5(9)7(10)6(2-4)14(11,12)13/h1-3,13-14H;1-2,4,11-12H;2-4,10-11H,1H3;1-2,11-12H;1-2,11-12H;1-3,10-11H;1-3,9-10H,(H,11,12,13). The second-order valence-corrected chi connectivity index (χ2v) is 21.6. The summed E-state index contributed by atoms with van der Waals surface area (Å²) in [4.78, 5) is 89.6. The minimum Gasteiger partial charge on any atom is -0.504 e. The molecule has 494 valence electrons. The van der Waals surface area contributed by atoms with Gasteiger partial charge < -0.3 is 71.5 Å². The third-order valence-electron chi connectivity index (χ3n) is 10.4. The molecule has 33 nitrogen and oxygen atoms in total. The molecule has 0 aromatic heterocycles. The van der Waals surface area contributed by atoms with Crippen molar-refractivity contribution in [2.45, 2.75) is 16.0 Å². The van der Waals surface area contributed by atoms with E-state index >= 15 is 0 Å². The van der Waals surface area contributed by atoms with E-state index < -0.39 is 143 Å². The zero-order valence-corrected chi connectivity index (χ0v) is 50.0. The molecule has 0 bridgehead atoms. The SMILES string of the molecule is CS(=O)(=O)c1cc(C=O)cc(O)c1O.N#Cc1cc(C=O)cc(O)c1O.O=Cc1cc(Cl)c(O)c(O)c1Cl.O=Cc1cc(O)c(O)c(C(F)(F)F)c1.O=Cc1cc(O)c(O)c(S(=O)(=O)O)c1.O=Cc1cc([N+](=O)[O-])c(O)c(O)c1Br.O=Cc1ccc(O)c(O)c1[N+](=O)[O-]. The number of hydrogen-bond acceptors (Lipinski definition) is 30. The van der Waals surface area contributed by atoms with Gasteiger partial charge in [0, 0.05) is 45.7 Å². The van der Waals surface area contributed by atoms with Gasteiger partial charge in [0.2, 0.25) is 11.5 Å². The molecule has 0 heterocycles. The lowest BCUT2D eigenvalue weighted by molar-refractivity contribution is -0.386. The molecule has 0 aliphatic rings. The molecule has 0 saturated heterocycles. The van der Waals surface area contributed by atoms with E-state index in [2.05, 4.69) is 15.9 Å². The van der Waals surface area contributed by atoms with Gasteiger partial charge in [-0.3, -0.25) is 58.3 Å². The number of halogens is 6. The van der Waals surface area contributed by atoms with E-state index in [0.717, 1.165) is 60.9 Å². The predicted octanol–water partition coefficient (Wildman–Crippen LogP) is 7.80. The van der Waals surface area contributed by atoms with Crippen molar-refractivity contribution in [1.82, 2.24) is 0 Å². The molecule has 15 N–H and O–H groups in total. The van der Waals surface area contributed by atoms with Gasteiger partial charge in [0.05, 0.1) is 35.5 Å². The van der Waals surface area contributed by atoms with Crippen molar-refractivity contribution in [2.24, 2.45) is 0 Å². The number of nitriles is 1. The Kier molecular flexibility index (Phi) is 28.9. The zero-order chi connectivity index (χ0) is 72.1. The van der Waals surface area contributed by atoms with Crippen LogP contribution in [0.3, 0.4) is 0 Å². The van der Waals surface area contributed by atoms with Crippen LogP contribution in [0.15, 0.2) is 87.1 Å². The van der Waals surface area contributed by atoms with E-state index in [0.29, 0.717) is 31.2 Å². The highest BCUT2D eigenvalue weighted by atomic mass is 79.9. The highest BCUT2D eigenvalue weighted by Gasteiger charge is 2.35. The largest absolute Gasteiger partial charge is 0.504 e. The van der Waals surface area contributed by atoms with Crippen molar-refractivity contribution >= 4 is 114 Å². The first kappa shape index (κ1) is 79.4. The van der Waals surface area contributed by atoms with E-state index in [4.69, 9.17) is 94.3 Å². The number of hydrogen-bond donors (Lipinski definition) is 15. The Morgan fingerprint density at radius 2 is 0.914 bits per heavy atom. The van der Waals surface area contributed by atoms with Gasteiger partial charge in [0.15, 0.2) is 97.7 Å². The first-order valence-corrected chi connectivity index (χ1v) is 27.8. The van der Waals surface area contributed by atoms with Gasteiger partial charge in [0.25, 0.3) is 10.1 Å². The number of sulfone groups is 1. The number of phenolic OH excluding ortho intramolecular Hbond substituents is 14. The van der Waals surface area contributed by atoms with Crippen LogP contribution in [0.2, 0.25) is 10.0 Å². The van der Waals surface area contributed by atoms with Crippen molar-refractivity contribution in [2.75, 3.05) is 6.26 Å². The number of carbonyl (C=O) groups is 7. The van der Waals surface area contributed by atoms with Crippen LogP contribution in [-0.4, -0.2) is 153 Å². The summed E-state index contributed by atoms with van der Waals surface area (Å²) in [6.45, 7) is 0. The molecule has 0 saturated carbocycles. The molecule has 0 fully saturated rings. The second-order valence-electron chi connectivity index (χ2n) is 16.7. The Labute approximate surface area is 533 Å². The van der Waals surface area contributed by atoms with Gasteiger partial charge in [-0.15, -0.1) is 0 Å². The lowest BCUT2D eigenvalue weighted by Gasteiger charge is -2.10. The summed E-state index contributed by atoms with van der Waals surface area (Å²) in [6.07, 6.45) is -1.65. The molecule has 0 aliphatic carbocycles. The second kappa shape index (κ2) is 33.9. The van der Waals surface area contributed by atoms with Gasteiger partial charge in [0.1, 0.15) is 46.6 Å². The number of aldehydes is 7. The minimum absolute atomic E-state index is 0.0132. The summed E-state index contributed by atoms with van der Waals surface area (Å²) in [5.41, 5.74) is -3.77. The van der Waals surface area contributed by atoms with Crippen LogP contribution in [0.5, 0.6) is 80.5 Å². The number of rotatable bonds is 11. The topological polar surface area (TPSA) is 601 Å². The summed E-state index contributed by atoms with van der Waals surface area (Å²) in [7, 11) is -8.31. The van der Waals surface area contributed by atoms with E-state index in [1.54, 1.807) is 6.07 Å². The minimum atomic E-state index is -4.80. The van der Waals surface area contributed by atoms with Crippen LogP contribution < -0.4 is 0 Å². The van der Waals surface area contributed by atoms with Gasteiger partial charge in [-0.05, 0) is 82.7 Å². The molecule has 0 spiro atoms. The number of nitro benzene ring substituents is 2. The van der Waals surface area contributed by atoms with Crippen LogP contribution in [-0.2, 0) is 26.1 Å². The number of nitro groups is 2. The maximum atomic E-state index is 12.2. The van der Waals surface area contributed by atoms with Gasteiger partial charge in [-0.1, -0.05) is 23.2 Å². The molecule has 0 unspecified atom stereocenters. The van der Waals surface area contributed by atoms with E-state index in [1.807, 2.05) is 0 Å². The van der Waals surface area contributed by atoms with Gasteiger partial charge in [-0.25, -0.2) is 8.42 Å². The fourth-order valence-corrected chi connectivity index (χ4v) is 8.24. The molecule has 0 amide bonds. The Bertz CT molecular complexity index is 4290. The molecule has 7 aromatic carbocycles. The molecule has 7 aromatic rings. The van der Waals surface area contributed by atoms with Crippen LogP contribution in [0, 0.1) is 31.6 Å². The zero-order valence-electron chi connectivity index (χ0n) is 45.2. The number of alkyl halides is 3. The Morgan fingerprint density at radius 1 is 0.495 bits per heavy atom. The molecular weight excluding hydrogens is 1420 g/mol. The van der Waals surface area contributed by atoms with Crippen molar-refractivity contribution < 1.29 is 149 Å². The maximum Gasteiger partial charge on any atom is 0.420 e. The Morgan fingerprint density at radius 3 is 1.31 bits per heavy atom. The smallest absolute Gasteiger partial charge is 0.420 e. The van der Waals surface area contributed by atoms with Crippen molar-refractivity contribution in [1.29, 1.82) is 5.26 Å². The van der Waals surface area contributed by atoms with E-state index in [1.165, 1.54) is 12.1 Å². The number of nitrogens with zero attached hydrogens (tertiary/aromatic N) is 3. The highest BCUT2D eigenvalue weighted by Crippen LogP contribution is 2.44. The number of carbonyl (C=O) groups excluding carboxylic acids is 7. The maximum absolute atomic E-state index is 12.2. The predicted molar refractivity (Wildman–Crippen MR) is 310 cm³/mol.